The molecule has 3 aromatic rings. The van der Waals surface area contributed by atoms with Crippen LogP contribution in [0.5, 0.6) is 5.75 Å². The lowest BCUT2D eigenvalue weighted by atomic mass is 10.0. The van der Waals surface area contributed by atoms with Crippen molar-refractivity contribution in [2.24, 2.45) is 0 Å². The molecule has 40 heavy (non-hydrogen) atoms. The molecule has 0 fully saturated rings. The van der Waals surface area contributed by atoms with E-state index in [1.165, 1.54) is 31.2 Å². The Kier molecular flexibility index (Phi) is 9.83. The van der Waals surface area contributed by atoms with Crippen LogP contribution in [0.2, 0.25) is 0 Å². The highest BCUT2D eigenvalue weighted by molar-refractivity contribution is 7.92. The summed E-state index contributed by atoms with van der Waals surface area (Å²) in [6.45, 7) is 0.901. The maximum absolute atomic E-state index is 14.0. The Bertz CT molecular complexity index is 1480. The first-order valence-electron chi connectivity index (χ1n) is 12.3. The Morgan fingerprint density at radius 2 is 1.70 bits per heavy atom. The van der Waals surface area contributed by atoms with E-state index < -0.39 is 39.3 Å². The van der Waals surface area contributed by atoms with Gasteiger partial charge < -0.3 is 15.0 Å². The maximum Gasteiger partial charge on any atom is 0.271 e. The molecule has 0 aliphatic carbocycles. The molecule has 0 aliphatic rings. The fraction of sp³-hybridized carbons (Fsp3) is 0.286. The van der Waals surface area contributed by atoms with Gasteiger partial charge in [-0.05, 0) is 35.7 Å². The number of hydrogen-bond acceptors (Lipinski definition) is 7. The van der Waals surface area contributed by atoms with Crippen LogP contribution in [0.15, 0.2) is 72.8 Å². The number of methoxy groups -OCH3 is 1. The number of carbonyl (C=O) groups excluding carboxylic acids is 2. The average Bonchev–Trinajstić information content (AvgIpc) is 2.93. The van der Waals surface area contributed by atoms with E-state index in [4.69, 9.17) is 4.74 Å². The summed E-state index contributed by atoms with van der Waals surface area (Å²) in [6, 6.07) is 18.9. The van der Waals surface area contributed by atoms with Gasteiger partial charge in [-0.1, -0.05) is 48.5 Å². The molecule has 0 aromatic heterocycles. The molecule has 0 aliphatic heterocycles. The Morgan fingerprint density at radius 3 is 2.30 bits per heavy atom. The van der Waals surface area contributed by atoms with E-state index in [1.54, 1.807) is 31.2 Å². The summed E-state index contributed by atoms with van der Waals surface area (Å²) in [5.74, 6) is -0.546. The smallest absolute Gasteiger partial charge is 0.271 e. The van der Waals surface area contributed by atoms with Crippen LogP contribution in [0.4, 0.5) is 11.4 Å². The number of likely N-dealkylation sites (N-methyl/N-ethyl adjacent to an activating group) is 1. The predicted molar refractivity (Wildman–Crippen MR) is 152 cm³/mol. The van der Waals surface area contributed by atoms with Gasteiger partial charge in [0.15, 0.2) is 0 Å². The number of hydrogen-bond donors (Lipinski definition) is 1. The van der Waals surface area contributed by atoms with Crippen LogP contribution < -0.4 is 14.4 Å². The van der Waals surface area contributed by atoms with Crippen molar-refractivity contribution < 1.29 is 27.7 Å². The standard InChI is InChI=1S/C28H32N4O7S/c1-20-13-14-23(32(35)36)17-25(20)31(40(4,37)38)19-27(33)30(18-22-11-8-12-24(15-22)39-3)26(28(34)29-2)16-21-9-6-5-7-10-21/h5-15,17,26H,16,18-19H2,1-4H3,(H,29,34)/t26-/m0/s1. The Morgan fingerprint density at radius 1 is 1.02 bits per heavy atom. The number of benzene rings is 3. The number of nitrogens with one attached hydrogen (secondary N) is 1. The number of nitro groups is 1. The largest absolute Gasteiger partial charge is 0.497 e. The van der Waals surface area contributed by atoms with Crippen LogP contribution in [0.1, 0.15) is 16.7 Å². The molecule has 0 radical (unpaired) electrons. The highest BCUT2D eigenvalue weighted by Gasteiger charge is 2.33. The molecule has 0 bridgehead atoms. The van der Waals surface area contributed by atoms with Gasteiger partial charge in [-0.3, -0.25) is 24.0 Å². The normalized spacial score (nSPS) is 11.8. The minimum atomic E-state index is -4.06. The van der Waals surface area contributed by atoms with E-state index in [0.717, 1.165) is 22.2 Å². The zero-order chi connectivity index (χ0) is 29.4. The van der Waals surface area contributed by atoms with E-state index in [-0.39, 0.29) is 24.3 Å². The second kappa shape index (κ2) is 13.1. The van der Waals surface area contributed by atoms with Crippen molar-refractivity contribution in [2.75, 3.05) is 31.3 Å². The van der Waals surface area contributed by atoms with Crippen molar-refractivity contribution in [3.8, 4) is 5.75 Å². The van der Waals surface area contributed by atoms with E-state index in [9.17, 15) is 28.1 Å². The highest BCUT2D eigenvalue weighted by atomic mass is 32.2. The molecule has 1 atom stereocenters. The van der Waals surface area contributed by atoms with Crippen molar-refractivity contribution in [3.63, 3.8) is 0 Å². The van der Waals surface area contributed by atoms with E-state index in [0.29, 0.717) is 16.9 Å². The van der Waals surface area contributed by atoms with Gasteiger partial charge in [0.1, 0.15) is 18.3 Å². The predicted octanol–water partition coefficient (Wildman–Crippen LogP) is 3.06. The van der Waals surface area contributed by atoms with Crippen LogP contribution in [0, 0.1) is 17.0 Å². The van der Waals surface area contributed by atoms with Gasteiger partial charge in [-0.25, -0.2) is 8.42 Å². The number of nitro benzene ring substituents is 1. The number of rotatable bonds is 12. The molecular formula is C28H32N4O7S. The van der Waals surface area contributed by atoms with Crippen molar-refractivity contribution in [3.05, 3.63) is 99.6 Å². The van der Waals surface area contributed by atoms with Crippen molar-refractivity contribution in [1.82, 2.24) is 10.2 Å². The number of amides is 2. The molecule has 0 unspecified atom stereocenters. The molecule has 3 rings (SSSR count). The number of ether oxygens (including phenoxy) is 1. The Labute approximate surface area is 233 Å². The molecule has 0 spiro atoms. The van der Waals surface area contributed by atoms with Crippen LogP contribution in [0.25, 0.3) is 0 Å². The van der Waals surface area contributed by atoms with E-state index in [2.05, 4.69) is 5.32 Å². The minimum Gasteiger partial charge on any atom is -0.497 e. The molecule has 212 valence electrons. The Balaban J connectivity index is 2.09. The summed E-state index contributed by atoms with van der Waals surface area (Å²) in [5.41, 5.74) is 1.57. The second-order valence-corrected chi connectivity index (χ2v) is 11.1. The summed E-state index contributed by atoms with van der Waals surface area (Å²) in [5, 5.41) is 14.0. The number of aryl methyl sites for hydroxylation is 1. The second-order valence-electron chi connectivity index (χ2n) is 9.19. The SMILES string of the molecule is CNC(=O)[C@H](Cc1ccccc1)N(Cc1cccc(OC)c1)C(=O)CN(c1cc([N+](=O)[O-])ccc1C)S(C)(=O)=O. The summed E-state index contributed by atoms with van der Waals surface area (Å²) in [7, 11) is -1.09. The third-order valence-corrected chi connectivity index (χ3v) is 7.48. The molecular weight excluding hydrogens is 536 g/mol. The fourth-order valence-electron chi connectivity index (χ4n) is 4.26. The molecule has 2 amide bonds. The zero-order valence-electron chi connectivity index (χ0n) is 22.7. The quantitative estimate of drug-likeness (QED) is 0.262. The van der Waals surface area contributed by atoms with Crippen LogP contribution >= 0.6 is 0 Å². The van der Waals surface area contributed by atoms with Gasteiger partial charge in [-0.15, -0.1) is 0 Å². The summed E-state index contributed by atoms with van der Waals surface area (Å²) >= 11 is 0. The van der Waals surface area contributed by atoms with Crippen LogP contribution in [-0.2, 0) is 32.6 Å². The first kappa shape index (κ1) is 30.1. The molecule has 3 aromatic carbocycles. The zero-order valence-corrected chi connectivity index (χ0v) is 23.6. The minimum absolute atomic E-state index is 0.00549. The van der Waals surface area contributed by atoms with E-state index in [1.807, 2.05) is 30.3 Å². The van der Waals surface area contributed by atoms with Gasteiger partial charge in [0.25, 0.3) is 5.69 Å². The Hall–Kier alpha value is -4.45. The van der Waals surface area contributed by atoms with Gasteiger partial charge in [0, 0.05) is 32.1 Å². The number of sulfonamides is 1. The number of carbonyl (C=O) groups is 2. The maximum atomic E-state index is 14.0. The lowest BCUT2D eigenvalue weighted by molar-refractivity contribution is -0.384. The summed E-state index contributed by atoms with van der Waals surface area (Å²) in [4.78, 5) is 39.2. The molecule has 0 heterocycles. The topological polar surface area (TPSA) is 139 Å². The van der Waals surface area contributed by atoms with Gasteiger partial charge >= 0.3 is 0 Å². The van der Waals surface area contributed by atoms with Crippen molar-refractivity contribution in [2.45, 2.75) is 25.9 Å². The number of nitrogens with zero attached hydrogens (tertiary/aromatic N) is 3. The molecule has 0 saturated carbocycles. The number of non-ortho nitro benzene ring substituents is 1. The summed E-state index contributed by atoms with van der Waals surface area (Å²) in [6.07, 6.45) is 1.09. The molecule has 0 saturated heterocycles. The number of anilines is 1. The average molecular weight is 569 g/mol. The third-order valence-electron chi connectivity index (χ3n) is 6.36. The summed E-state index contributed by atoms with van der Waals surface area (Å²) < 4.78 is 32.0. The highest BCUT2D eigenvalue weighted by Crippen LogP contribution is 2.28. The van der Waals surface area contributed by atoms with Gasteiger partial charge in [0.2, 0.25) is 21.8 Å². The third kappa shape index (κ3) is 7.56. The first-order chi connectivity index (χ1) is 18.9. The monoisotopic (exact) mass is 568 g/mol. The lowest BCUT2D eigenvalue weighted by Crippen LogP contribution is -2.53. The fourth-order valence-corrected chi connectivity index (χ4v) is 5.16. The van der Waals surface area contributed by atoms with Gasteiger partial charge in [-0.2, -0.15) is 0 Å². The molecule has 1 N–H and O–H groups in total. The lowest BCUT2D eigenvalue weighted by Gasteiger charge is -2.33. The van der Waals surface area contributed by atoms with Crippen molar-refractivity contribution in [1.29, 1.82) is 0 Å². The van der Waals surface area contributed by atoms with Gasteiger partial charge in [0.05, 0.1) is 24.0 Å². The molecule has 11 nitrogen and oxygen atoms in total. The van der Waals surface area contributed by atoms with Crippen LogP contribution in [-0.4, -0.2) is 63.1 Å². The van der Waals surface area contributed by atoms with Crippen LogP contribution in [0.3, 0.4) is 0 Å². The van der Waals surface area contributed by atoms with Crippen molar-refractivity contribution >= 4 is 33.2 Å². The first-order valence-corrected chi connectivity index (χ1v) is 14.2. The molecule has 12 heteroatoms. The van der Waals surface area contributed by atoms with E-state index >= 15 is 0 Å².